The maximum Gasteiger partial charge on any atom is 0.0643 e. The van der Waals surface area contributed by atoms with E-state index in [0.29, 0.717) is 12.0 Å². The van der Waals surface area contributed by atoms with Gasteiger partial charge in [-0.15, -0.1) is 0 Å². The molecule has 0 radical (unpaired) electrons. The van der Waals surface area contributed by atoms with E-state index >= 15 is 0 Å². The Balaban J connectivity index is 1.93. The topological polar surface area (TPSA) is 35.2 Å². The predicted molar refractivity (Wildman–Crippen MR) is 53.5 cm³/mol. The highest BCUT2D eigenvalue weighted by molar-refractivity contribution is 4.84. The summed E-state index contributed by atoms with van der Waals surface area (Å²) in [6.07, 6.45) is 8.57. The molecule has 1 aliphatic carbocycles. The second kappa shape index (κ2) is 4.43. The van der Waals surface area contributed by atoms with Crippen molar-refractivity contribution in [1.29, 1.82) is 0 Å². The molecule has 13 heavy (non-hydrogen) atoms. The van der Waals surface area contributed by atoms with E-state index in [4.69, 9.17) is 10.5 Å². The fourth-order valence-electron chi connectivity index (χ4n) is 2.92. The van der Waals surface area contributed by atoms with Gasteiger partial charge in [-0.25, -0.2) is 0 Å². The van der Waals surface area contributed by atoms with Crippen LogP contribution >= 0.6 is 0 Å². The van der Waals surface area contributed by atoms with Crippen molar-refractivity contribution in [2.75, 3.05) is 13.2 Å². The van der Waals surface area contributed by atoms with E-state index in [1.54, 1.807) is 0 Å². The summed E-state index contributed by atoms with van der Waals surface area (Å²) >= 11 is 0. The Hall–Kier alpha value is -0.0800. The molecule has 2 heteroatoms. The molecular formula is C11H21NO. The molecule has 2 fully saturated rings. The number of hydrogen-bond acceptors (Lipinski definition) is 2. The van der Waals surface area contributed by atoms with Crippen LogP contribution in [-0.4, -0.2) is 19.3 Å². The Labute approximate surface area is 80.8 Å². The molecule has 0 aromatic rings. The minimum absolute atomic E-state index is 0.501. The maximum absolute atomic E-state index is 5.89. The first-order valence-corrected chi connectivity index (χ1v) is 5.73. The lowest BCUT2D eigenvalue weighted by atomic mass is 9.85. The molecule has 1 aliphatic heterocycles. The van der Waals surface area contributed by atoms with Crippen LogP contribution < -0.4 is 5.73 Å². The summed E-state index contributed by atoms with van der Waals surface area (Å²) in [6, 6.07) is 0. The summed E-state index contributed by atoms with van der Waals surface area (Å²) in [7, 11) is 0. The summed E-state index contributed by atoms with van der Waals surface area (Å²) in [4.78, 5) is 0. The minimum atomic E-state index is 0.501. The third-order valence-electron chi connectivity index (χ3n) is 3.66. The van der Waals surface area contributed by atoms with Crippen LogP contribution in [0.1, 0.15) is 38.5 Å². The molecule has 0 aromatic heterocycles. The Morgan fingerprint density at radius 3 is 2.54 bits per heavy atom. The van der Waals surface area contributed by atoms with Crippen LogP contribution in [0.2, 0.25) is 0 Å². The molecule has 2 unspecified atom stereocenters. The lowest BCUT2D eigenvalue weighted by Crippen LogP contribution is -2.39. The van der Waals surface area contributed by atoms with Crippen molar-refractivity contribution >= 4 is 0 Å². The van der Waals surface area contributed by atoms with Crippen LogP contribution in [0.25, 0.3) is 0 Å². The van der Waals surface area contributed by atoms with E-state index in [1.807, 2.05) is 0 Å². The molecule has 0 spiro atoms. The van der Waals surface area contributed by atoms with E-state index in [0.717, 1.165) is 19.1 Å². The molecule has 2 nitrogen and oxygen atoms in total. The second-order valence-electron chi connectivity index (χ2n) is 4.52. The van der Waals surface area contributed by atoms with Gasteiger partial charge in [0.2, 0.25) is 0 Å². The number of nitrogens with two attached hydrogens (primary N) is 1. The van der Waals surface area contributed by atoms with Crippen molar-refractivity contribution in [2.45, 2.75) is 44.6 Å². The van der Waals surface area contributed by atoms with Gasteiger partial charge in [0.15, 0.2) is 0 Å². The molecule has 0 amide bonds. The summed E-state index contributed by atoms with van der Waals surface area (Å²) < 4.78 is 5.89. The lowest BCUT2D eigenvalue weighted by molar-refractivity contribution is -0.0560. The summed E-state index contributed by atoms with van der Waals surface area (Å²) in [6.45, 7) is 1.79. The monoisotopic (exact) mass is 183 g/mol. The number of ether oxygens (including phenoxy) is 1. The SMILES string of the molecule is NCC1CCCOC1C1CCCC1. The van der Waals surface area contributed by atoms with E-state index in [1.165, 1.54) is 38.5 Å². The Morgan fingerprint density at radius 1 is 1.08 bits per heavy atom. The van der Waals surface area contributed by atoms with Gasteiger partial charge in [0.1, 0.15) is 0 Å². The van der Waals surface area contributed by atoms with Gasteiger partial charge >= 0.3 is 0 Å². The van der Waals surface area contributed by atoms with Gasteiger partial charge in [-0.2, -0.15) is 0 Å². The van der Waals surface area contributed by atoms with Gasteiger partial charge < -0.3 is 10.5 Å². The highest BCUT2D eigenvalue weighted by atomic mass is 16.5. The molecule has 0 bridgehead atoms. The normalized spacial score (nSPS) is 36.7. The molecule has 1 saturated carbocycles. The Bertz CT molecular complexity index is 152. The lowest BCUT2D eigenvalue weighted by Gasteiger charge is -2.35. The average molecular weight is 183 g/mol. The van der Waals surface area contributed by atoms with Gasteiger partial charge in [-0.05, 0) is 44.1 Å². The molecule has 2 aliphatic rings. The molecule has 2 atom stereocenters. The van der Waals surface area contributed by atoms with Crippen molar-refractivity contribution in [3.8, 4) is 0 Å². The first-order valence-electron chi connectivity index (χ1n) is 5.73. The van der Waals surface area contributed by atoms with Crippen molar-refractivity contribution in [3.05, 3.63) is 0 Å². The quantitative estimate of drug-likeness (QED) is 0.710. The van der Waals surface area contributed by atoms with Gasteiger partial charge in [0.25, 0.3) is 0 Å². The zero-order chi connectivity index (χ0) is 9.10. The van der Waals surface area contributed by atoms with E-state index in [-0.39, 0.29) is 0 Å². The molecular weight excluding hydrogens is 162 g/mol. The van der Waals surface area contributed by atoms with Crippen LogP contribution in [0, 0.1) is 11.8 Å². The van der Waals surface area contributed by atoms with Crippen LogP contribution in [0.5, 0.6) is 0 Å². The molecule has 1 heterocycles. The van der Waals surface area contributed by atoms with Gasteiger partial charge in [-0.1, -0.05) is 12.8 Å². The van der Waals surface area contributed by atoms with Gasteiger partial charge in [-0.3, -0.25) is 0 Å². The van der Waals surface area contributed by atoms with Crippen molar-refractivity contribution in [3.63, 3.8) is 0 Å². The molecule has 2 N–H and O–H groups in total. The summed E-state index contributed by atoms with van der Waals surface area (Å²) in [5.74, 6) is 1.48. The van der Waals surface area contributed by atoms with Crippen LogP contribution in [0.15, 0.2) is 0 Å². The molecule has 1 saturated heterocycles. The van der Waals surface area contributed by atoms with Crippen molar-refractivity contribution in [1.82, 2.24) is 0 Å². The Kier molecular flexibility index (Phi) is 3.23. The van der Waals surface area contributed by atoms with E-state index in [9.17, 15) is 0 Å². The minimum Gasteiger partial charge on any atom is -0.378 e. The number of hydrogen-bond donors (Lipinski definition) is 1. The average Bonchev–Trinajstić information content (AvgIpc) is 2.70. The summed E-state index contributed by atoms with van der Waals surface area (Å²) in [5.41, 5.74) is 5.78. The van der Waals surface area contributed by atoms with Crippen LogP contribution in [0.3, 0.4) is 0 Å². The van der Waals surface area contributed by atoms with E-state index in [2.05, 4.69) is 0 Å². The number of rotatable bonds is 2. The van der Waals surface area contributed by atoms with Crippen molar-refractivity contribution < 1.29 is 4.74 Å². The largest absolute Gasteiger partial charge is 0.378 e. The van der Waals surface area contributed by atoms with E-state index < -0.39 is 0 Å². The van der Waals surface area contributed by atoms with Gasteiger partial charge in [0, 0.05) is 6.61 Å². The van der Waals surface area contributed by atoms with Gasteiger partial charge in [0.05, 0.1) is 6.10 Å². The second-order valence-corrected chi connectivity index (χ2v) is 4.52. The smallest absolute Gasteiger partial charge is 0.0643 e. The first-order chi connectivity index (χ1) is 6.42. The molecule has 2 rings (SSSR count). The zero-order valence-electron chi connectivity index (χ0n) is 8.37. The summed E-state index contributed by atoms with van der Waals surface area (Å²) in [5, 5.41) is 0. The van der Waals surface area contributed by atoms with Crippen LogP contribution in [0.4, 0.5) is 0 Å². The predicted octanol–water partition coefficient (Wildman–Crippen LogP) is 1.93. The highest BCUT2D eigenvalue weighted by Crippen LogP contribution is 2.35. The zero-order valence-corrected chi connectivity index (χ0v) is 8.37. The first kappa shape index (κ1) is 9.47. The Morgan fingerprint density at radius 2 is 1.85 bits per heavy atom. The maximum atomic E-state index is 5.89. The third-order valence-corrected chi connectivity index (χ3v) is 3.66. The third kappa shape index (κ3) is 2.05. The molecule has 0 aromatic carbocycles. The van der Waals surface area contributed by atoms with Crippen LogP contribution in [-0.2, 0) is 4.74 Å². The fraction of sp³-hybridized carbons (Fsp3) is 1.00. The standard InChI is InChI=1S/C11H21NO/c12-8-10-6-3-7-13-11(10)9-4-1-2-5-9/h9-11H,1-8,12H2. The highest BCUT2D eigenvalue weighted by Gasteiger charge is 2.33. The fourth-order valence-corrected chi connectivity index (χ4v) is 2.92. The molecule has 76 valence electrons. The van der Waals surface area contributed by atoms with Crippen molar-refractivity contribution in [2.24, 2.45) is 17.6 Å².